The first-order valence-corrected chi connectivity index (χ1v) is 7.64. The standard InChI is InChI=1S/C16H8Cl2F2N2O3/c17-9-6-11-12(7-10(9)18)22(25)14(16(19)20)13(21(11)24)15(23)8-4-2-1-3-5-8/h1-7,16H. The lowest BCUT2D eigenvalue weighted by Crippen LogP contribution is -2.32. The molecule has 0 aliphatic rings. The molecule has 0 atom stereocenters. The van der Waals surface area contributed by atoms with Crippen LogP contribution in [0.4, 0.5) is 8.78 Å². The van der Waals surface area contributed by atoms with Gasteiger partial charge < -0.3 is 9.94 Å². The number of aromatic nitrogens is 2. The molecule has 0 amide bonds. The van der Waals surface area contributed by atoms with E-state index < -0.39 is 29.1 Å². The summed E-state index contributed by atoms with van der Waals surface area (Å²) in [6, 6.07) is 9.39. The van der Waals surface area contributed by atoms with E-state index in [1.807, 2.05) is 0 Å². The number of rotatable bonds is 3. The second-order valence-electron chi connectivity index (χ2n) is 5.07. The van der Waals surface area contributed by atoms with Gasteiger partial charge in [0.1, 0.15) is 5.52 Å². The van der Waals surface area contributed by atoms with Gasteiger partial charge in [0, 0.05) is 16.5 Å². The quantitative estimate of drug-likeness (QED) is 0.497. The molecule has 0 saturated carbocycles. The maximum absolute atomic E-state index is 13.5. The Morgan fingerprint density at radius 1 is 1.12 bits per heavy atom. The van der Waals surface area contributed by atoms with Crippen LogP contribution in [0.2, 0.25) is 10.0 Å². The van der Waals surface area contributed by atoms with Crippen molar-refractivity contribution in [3.05, 3.63) is 79.6 Å². The number of carbonyl (C=O) groups is 1. The summed E-state index contributed by atoms with van der Waals surface area (Å²) in [6.07, 6.45) is -3.35. The Kier molecular flexibility index (Phi) is 4.45. The number of hydrogen-bond acceptors (Lipinski definition) is 3. The molecule has 5 nitrogen and oxygen atoms in total. The SMILES string of the molecule is O=C(c1ccccc1)c1c(C(F)F)n([O-])c2cc(Cl)c(Cl)cc2[n+]1=O. The molecule has 0 aliphatic heterocycles. The van der Waals surface area contributed by atoms with E-state index in [0.717, 1.165) is 12.1 Å². The van der Waals surface area contributed by atoms with Gasteiger partial charge >= 0.3 is 5.69 Å². The molecule has 0 radical (unpaired) electrons. The van der Waals surface area contributed by atoms with Gasteiger partial charge in [0.15, 0.2) is 5.69 Å². The molecule has 9 heteroatoms. The van der Waals surface area contributed by atoms with Crippen molar-refractivity contribution in [2.75, 3.05) is 0 Å². The van der Waals surface area contributed by atoms with Crippen molar-refractivity contribution >= 4 is 40.0 Å². The molecule has 0 unspecified atom stereocenters. The van der Waals surface area contributed by atoms with Crippen LogP contribution in [0.15, 0.2) is 42.5 Å². The van der Waals surface area contributed by atoms with Crippen molar-refractivity contribution in [2.24, 2.45) is 0 Å². The third-order valence-corrected chi connectivity index (χ3v) is 4.30. The number of hydrogen-bond donors (Lipinski definition) is 0. The van der Waals surface area contributed by atoms with Gasteiger partial charge in [-0.3, -0.25) is 4.79 Å². The van der Waals surface area contributed by atoms with E-state index in [4.69, 9.17) is 23.2 Å². The zero-order chi connectivity index (χ0) is 18.3. The summed E-state index contributed by atoms with van der Waals surface area (Å²) in [7, 11) is 0. The van der Waals surface area contributed by atoms with Crippen LogP contribution >= 0.6 is 23.2 Å². The lowest BCUT2D eigenvalue weighted by atomic mass is 10.1. The molecular weight excluding hydrogens is 377 g/mol. The number of nitrogens with zero attached hydrogens (tertiary/aromatic N) is 2. The Morgan fingerprint density at radius 2 is 1.72 bits per heavy atom. The molecule has 0 fully saturated rings. The summed E-state index contributed by atoms with van der Waals surface area (Å²) in [4.78, 5) is 25.2. The fraction of sp³-hybridized carbons (Fsp3) is 0.0625. The number of halogens is 4. The second-order valence-corrected chi connectivity index (χ2v) is 5.89. The largest absolute Gasteiger partial charge is 0.805 e. The van der Waals surface area contributed by atoms with Crippen LogP contribution in [0, 0.1) is 10.1 Å². The fourth-order valence-corrected chi connectivity index (χ4v) is 2.74. The van der Waals surface area contributed by atoms with Crippen LogP contribution in [0.1, 0.15) is 28.2 Å². The van der Waals surface area contributed by atoms with E-state index in [9.17, 15) is 23.7 Å². The summed E-state index contributed by atoms with van der Waals surface area (Å²) in [5.74, 6) is -0.997. The molecule has 1 aromatic heterocycles. The van der Waals surface area contributed by atoms with Gasteiger partial charge in [0.2, 0.25) is 0 Å². The maximum atomic E-state index is 13.5. The third-order valence-electron chi connectivity index (χ3n) is 3.58. The van der Waals surface area contributed by atoms with E-state index in [1.54, 1.807) is 6.07 Å². The molecule has 3 aromatic rings. The average molecular weight is 385 g/mol. The summed E-state index contributed by atoms with van der Waals surface area (Å²) in [6.45, 7) is 0. The molecule has 25 heavy (non-hydrogen) atoms. The Hall–Kier alpha value is -2.51. The summed E-state index contributed by atoms with van der Waals surface area (Å²) in [5, 5.41) is 12.2. The highest BCUT2D eigenvalue weighted by atomic mass is 35.5. The van der Waals surface area contributed by atoms with Crippen molar-refractivity contribution < 1.29 is 18.0 Å². The first-order chi connectivity index (χ1) is 11.8. The van der Waals surface area contributed by atoms with Gasteiger partial charge in [-0.1, -0.05) is 53.5 Å². The van der Waals surface area contributed by atoms with Gasteiger partial charge in [-0.05, 0) is 6.07 Å². The fourth-order valence-electron chi connectivity index (χ4n) is 2.43. The lowest BCUT2D eigenvalue weighted by molar-refractivity contribution is -0.468. The highest BCUT2D eigenvalue weighted by Gasteiger charge is 2.34. The summed E-state index contributed by atoms with van der Waals surface area (Å²) >= 11 is 11.6. The Balaban J connectivity index is 2.44. The molecule has 0 spiro atoms. The van der Waals surface area contributed by atoms with Crippen molar-refractivity contribution in [2.45, 2.75) is 6.43 Å². The van der Waals surface area contributed by atoms with Crippen molar-refractivity contribution in [3.63, 3.8) is 0 Å². The van der Waals surface area contributed by atoms with Crippen molar-refractivity contribution in [1.29, 1.82) is 0 Å². The van der Waals surface area contributed by atoms with Crippen molar-refractivity contribution in [3.8, 4) is 0 Å². The topological polar surface area (TPSA) is 68.0 Å². The molecule has 2 aromatic carbocycles. The molecule has 1 heterocycles. The number of alkyl halides is 2. The first-order valence-electron chi connectivity index (χ1n) is 6.88. The highest BCUT2D eigenvalue weighted by molar-refractivity contribution is 6.42. The third kappa shape index (κ3) is 2.85. The van der Waals surface area contributed by atoms with Gasteiger partial charge in [0.25, 0.3) is 17.7 Å². The van der Waals surface area contributed by atoms with Gasteiger partial charge in [-0.2, -0.15) is 0 Å². The molecule has 0 aliphatic carbocycles. The van der Waals surface area contributed by atoms with Gasteiger partial charge in [-0.25, -0.2) is 8.78 Å². The Morgan fingerprint density at radius 3 is 2.32 bits per heavy atom. The predicted octanol–water partition coefficient (Wildman–Crippen LogP) is 4.38. The normalized spacial score (nSPS) is 11.2. The molecular formula is C16H8Cl2F2N2O3. The minimum atomic E-state index is -3.35. The van der Waals surface area contributed by atoms with E-state index in [1.165, 1.54) is 24.3 Å². The van der Waals surface area contributed by atoms with E-state index >= 15 is 0 Å². The Bertz CT molecular complexity index is 1050. The van der Waals surface area contributed by atoms with E-state index in [-0.39, 0.29) is 30.3 Å². The number of benzene rings is 2. The monoisotopic (exact) mass is 384 g/mol. The number of fused-ring (bicyclic) bond motifs is 1. The minimum Gasteiger partial charge on any atom is -0.805 e. The molecule has 3 rings (SSSR count). The molecule has 0 bridgehead atoms. The van der Waals surface area contributed by atoms with E-state index in [0.29, 0.717) is 0 Å². The van der Waals surface area contributed by atoms with Gasteiger partial charge in [-0.15, -0.1) is 0 Å². The zero-order valence-electron chi connectivity index (χ0n) is 12.2. The van der Waals surface area contributed by atoms with Crippen LogP contribution < -0.4 is 4.43 Å². The molecule has 0 saturated heterocycles. The predicted molar refractivity (Wildman–Crippen MR) is 88.9 cm³/mol. The van der Waals surface area contributed by atoms with Crippen LogP contribution in [0.5, 0.6) is 0 Å². The van der Waals surface area contributed by atoms with Crippen molar-refractivity contribution in [1.82, 2.24) is 4.73 Å². The van der Waals surface area contributed by atoms with E-state index in [2.05, 4.69) is 0 Å². The summed E-state index contributed by atoms with van der Waals surface area (Å²) in [5.41, 5.74) is -2.96. The maximum Gasteiger partial charge on any atom is 0.335 e. The molecule has 128 valence electrons. The van der Waals surface area contributed by atoms with Crippen LogP contribution in [0.25, 0.3) is 11.0 Å². The van der Waals surface area contributed by atoms with Crippen LogP contribution in [0.3, 0.4) is 0 Å². The molecule has 0 N–H and O–H groups in total. The smallest absolute Gasteiger partial charge is 0.335 e. The second kappa shape index (κ2) is 6.42. The number of carbonyl (C=O) groups excluding carboxylic acids is 1. The first kappa shape index (κ1) is 17.3. The summed E-state index contributed by atoms with van der Waals surface area (Å²) < 4.78 is 26.8. The van der Waals surface area contributed by atoms with Gasteiger partial charge in [0.05, 0.1) is 14.5 Å². The Labute approximate surface area is 149 Å². The number of ketones is 1. The van der Waals surface area contributed by atoms with Crippen LogP contribution in [-0.2, 0) is 0 Å². The average Bonchev–Trinajstić information content (AvgIpc) is 2.59. The lowest BCUT2D eigenvalue weighted by Gasteiger charge is -2.18. The van der Waals surface area contributed by atoms with Crippen LogP contribution in [-0.4, -0.2) is 10.5 Å². The zero-order valence-corrected chi connectivity index (χ0v) is 13.8. The highest BCUT2D eigenvalue weighted by Crippen LogP contribution is 2.30. The minimum absolute atomic E-state index is 0.00610.